The minimum absolute atomic E-state index is 0.848. The molecule has 4 nitrogen and oxygen atoms in total. The first-order chi connectivity index (χ1) is 10.1. The summed E-state index contributed by atoms with van der Waals surface area (Å²) in [4.78, 5) is 11.5. The third-order valence-corrected chi connectivity index (χ3v) is 4.10. The van der Waals surface area contributed by atoms with E-state index in [1.54, 1.807) is 0 Å². The Morgan fingerprint density at radius 3 is 2.57 bits per heavy atom. The fourth-order valence-corrected chi connectivity index (χ4v) is 2.70. The lowest BCUT2D eigenvalue weighted by molar-refractivity contribution is 0.891. The molecule has 0 atom stereocenters. The Morgan fingerprint density at radius 1 is 1.05 bits per heavy atom. The second kappa shape index (κ2) is 5.72. The van der Waals surface area contributed by atoms with E-state index in [1.165, 1.54) is 24.0 Å². The van der Waals surface area contributed by atoms with Gasteiger partial charge in [-0.1, -0.05) is 12.1 Å². The van der Waals surface area contributed by atoms with Crippen LogP contribution in [0.4, 0.5) is 17.5 Å². The minimum Gasteiger partial charge on any atom is -0.341 e. The number of hydrogen-bond donors (Lipinski definition) is 1. The lowest BCUT2D eigenvalue weighted by Crippen LogP contribution is -2.21. The number of benzene rings is 1. The molecule has 110 valence electrons. The number of anilines is 3. The Kier molecular flexibility index (Phi) is 3.78. The summed E-state index contributed by atoms with van der Waals surface area (Å²) in [5.41, 5.74) is 4.65. The molecule has 1 saturated heterocycles. The van der Waals surface area contributed by atoms with Gasteiger partial charge in [0.2, 0.25) is 5.95 Å². The van der Waals surface area contributed by atoms with E-state index in [9.17, 15) is 0 Å². The molecule has 4 heteroatoms. The predicted molar refractivity (Wildman–Crippen MR) is 87.4 cm³/mol. The molecule has 1 fully saturated rings. The highest BCUT2D eigenvalue weighted by Crippen LogP contribution is 2.24. The van der Waals surface area contributed by atoms with Crippen molar-refractivity contribution >= 4 is 17.5 Å². The smallest absolute Gasteiger partial charge is 0.227 e. The van der Waals surface area contributed by atoms with Gasteiger partial charge in [0.15, 0.2) is 0 Å². The van der Waals surface area contributed by atoms with E-state index in [0.29, 0.717) is 0 Å². The average Bonchev–Trinajstić information content (AvgIpc) is 2.97. The fourth-order valence-electron chi connectivity index (χ4n) is 2.70. The Labute approximate surface area is 126 Å². The zero-order valence-corrected chi connectivity index (χ0v) is 13.0. The minimum atomic E-state index is 0.848. The van der Waals surface area contributed by atoms with Crippen LogP contribution >= 0.6 is 0 Å². The molecule has 0 saturated carbocycles. The van der Waals surface area contributed by atoms with Gasteiger partial charge in [0.1, 0.15) is 5.82 Å². The molecule has 0 amide bonds. The molecule has 0 unspecified atom stereocenters. The standard InChI is InChI=1S/C17H22N4/c1-12-7-6-8-15(14(12)3)19-16-11-13(2)18-17(20-16)21-9-4-5-10-21/h6-8,11H,4-5,9-10H2,1-3H3,(H,18,19,20). The lowest BCUT2D eigenvalue weighted by Gasteiger charge is -2.17. The second-order valence-corrected chi connectivity index (χ2v) is 5.76. The van der Waals surface area contributed by atoms with E-state index < -0.39 is 0 Å². The molecule has 1 N–H and O–H groups in total. The van der Waals surface area contributed by atoms with Crippen molar-refractivity contribution in [3.63, 3.8) is 0 Å². The number of rotatable bonds is 3. The van der Waals surface area contributed by atoms with Crippen molar-refractivity contribution < 1.29 is 0 Å². The first-order valence-corrected chi connectivity index (χ1v) is 7.57. The van der Waals surface area contributed by atoms with Crippen molar-refractivity contribution in [2.24, 2.45) is 0 Å². The molecule has 1 aliphatic heterocycles. The normalized spacial score (nSPS) is 14.5. The van der Waals surface area contributed by atoms with Crippen LogP contribution in [-0.4, -0.2) is 23.1 Å². The van der Waals surface area contributed by atoms with Gasteiger partial charge in [0.25, 0.3) is 0 Å². The van der Waals surface area contributed by atoms with Crippen LogP contribution in [0.2, 0.25) is 0 Å². The largest absolute Gasteiger partial charge is 0.341 e. The highest BCUT2D eigenvalue weighted by Gasteiger charge is 2.16. The van der Waals surface area contributed by atoms with E-state index in [-0.39, 0.29) is 0 Å². The van der Waals surface area contributed by atoms with Crippen molar-refractivity contribution in [3.8, 4) is 0 Å². The Hall–Kier alpha value is -2.10. The fraction of sp³-hybridized carbons (Fsp3) is 0.412. The molecule has 3 rings (SSSR count). The zero-order chi connectivity index (χ0) is 14.8. The van der Waals surface area contributed by atoms with Crippen molar-refractivity contribution in [1.29, 1.82) is 0 Å². The quantitative estimate of drug-likeness (QED) is 0.931. The summed E-state index contributed by atoms with van der Waals surface area (Å²) >= 11 is 0. The summed E-state index contributed by atoms with van der Waals surface area (Å²) in [6.07, 6.45) is 2.47. The molecule has 0 spiro atoms. The first kappa shape index (κ1) is 13.9. The summed E-state index contributed by atoms with van der Waals surface area (Å²) in [5, 5.41) is 3.44. The number of nitrogens with zero attached hydrogens (tertiary/aromatic N) is 3. The molecule has 0 bridgehead atoms. The second-order valence-electron chi connectivity index (χ2n) is 5.76. The molecular formula is C17H22N4. The third kappa shape index (κ3) is 2.99. The summed E-state index contributed by atoms with van der Waals surface area (Å²) in [7, 11) is 0. The van der Waals surface area contributed by atoms with Crippen LogP contribution in [0, 0.1) is 20.8 Å². The van der Waals surface area contributed by atoms with Crippen molar-refractivity contribution in [2.75, 3.05) is 23.3 Å². The summed E-state index contributed by atoms with van der Waals surface area (Å²) in [6, 6.07) is 8.29. The highest BCUT2D eigenvalue weighted by atomic mass is 15.3. The van der Waals surface area contributed by atoms with E-state index in [1.807, 2.05) is 13.0 Å². The van der Waals surface area contributed by atoms with E-state index in [4.69, 9.17) is 0 Å². The number of nitrogens with one attached hydrogen (secondary N) is 1. The molecular weight excluding hydrogens is 260 g/mol. The maximum Gasteiger partial charge on any atom is 0.227 e. The summed E-state index contributed by atoms with van der Waals surface area (Å²) in [6.45, 7) is 8.41. The number of aromatic nitrogens is 2. The first-order valence-electron chi connectivity index (χ1n) is 7.57. The van der Waals surface area contributed by atoms with Gasteiger partial charge in [-0.15, -0.1) is 0 Å². The Bertz CT molecular complexity index is 645. The van der Waals surface area contributed by atoms with Gasteiger partial charge in [-0.25, -0.2) is 4.98 Å². The maximum absolute atomic E-state index is 4.69. The molecule has 2 heterocycles. The van der Waals surface area contributed by atoms with Gasteiger partial charge in [0.05, 0.1) is 0 Å². The van der Waals surface area contributed by atoms with Gasteiger partial charge >= 0.3 is 0 Å². The van der Waals surface area contributed by atoms with Gasteiger partial charge < -0.3 is 10.2 Å². The van der Waals surface area contributed by atoms with Gasteiger partial charge in [-0.2, -0.15) is 4.98 Å². The molecule has 0 radical (unpaired) electrons. The molecule has 2 aromatic rings. The Balaban J connectivity index is 1.89. The van der Waals surface area contributed by atoms with Crippen LogP contribution in [0.25, 0.3) is 0 Å². The van der Waals surface area contributed by atoms with Crippen molar-refractivity contribution in [2.45, 2.75) is 33.6 Å². The van der Waals surface area contributed by atoms with E-state index in [0.717, 1.165) is 36.2 Å². The van der Waals surface area contributed by atoms with Crippen LogP contribution in [0.1, 0.15) is 29.7 Å². The monoisotopic (exact) mass is 282 g/mol. The predicted octanol–water partition coefficient (Wildman–Crippen LogP) is 3.75. The molecule has 0 aliphatic carbocycles. The van der Waals surface area contributed by atoms with Crippen molar-refractivity contribution in [3.05, 3.63) is 41.1 Å². The zero-order valence-electron chi connectivity index (χ0n) is 13.0. The topological polar surface area (TPSA) is 41.1 Å². The Morgan fingerprint density at radius 2 is 1.81 bits per heavy atom. The van der Waals surface area contributed by atoms with Gasteiger partial charge in [-0.3, -0.25) is 0 Å². The van der Waals surface area contributed by atoms with Crippen LogP contribution < -0.4 is 10.2 Å². The lowest BCUT2D eigenvalue weighted by atomic mass is 10.1. The molecule has 21 heavy (non-hydrogen) atoms. The summed E-state index contributed by atoms with van der Waals surface area (Å²) < 4.78 is 0. The number of aryl methyl sites for hydroxylation is 2. The van der Waals surface area contributed by atoms with Crippen LogP contribution in [0.15, 0.2) is 24.3 Å². The van der Waals surface area contributed by atoms with E-state index in [2.05, 4.69) is 52.2 Å². The van der Waals surface area contributed by atoms with Gasteiger partial charge in [0, 0.05) is 30.5 Å². The van der Waals surface area contributed by atoms with Crippen molar-refractivity contribution in [1.82, 2.24) is 9.97 Å². The summed E-state index contributed by atoms with van der Waals surface area (Å²) in [5.74, 6) is 1.72. The SMILES string of the molecule is Cc1cc(Nc2cccc(C)c2C)nc(N2CCCC2)n1. The van der Waals surface area contributed by atoms with Crippen LogP contribution in [0.3, 0.4) is 0 Å². The number of hydrogen-bond acceptors (Lipinski definition) is 4. The molecule has 1 aromatic heterocycles. The van der Waals surface area contributed by atoms with Gasteiger partial charge in [-0.05, 0) is 50.8 Å². The maximum atomic E-state index is 4.69. The third-order valence-electron chi connectivity index (χ3n) is 4.10. The van der Waals surface area contributed by atoms with Crippen LogP contribution in [0.5, 0.6) is 0 Å². The molecule has 1 aliphatic rings. The molecule has 1 aromatic carbocycles. The van der Waals surface area contributed by atoms with Crippen LogP contribution in [-0.2, 0) is 0 Å². The highest BCUT2D eigenvalue weighted by molar-refractivity contribution is 5.63. The average molecular weight is 282 g/mol. The van der Waals surface area contributed by atoms with E-state index >= 15 is 0 Å².